The van der Waals surface area contributed by atoms with E-state index < -0.39 is 21.8 Å². The Morgan fingerprint density at radius 1 is 1.08 bits per heavy atom. The number of rotatable bonds is 4. The van der Waals surface area contributed by atoms with E-state index in [1.54, 1.807) is 18.2 Å². The first-order chi connectivity index (χ1) is 12.1. The number of hydrogen-bond donors (Lipinski definition) is 0. The molecule has 1 aromatic carbocycles. The molecule has 1 fully saturated rings. The smallest absolute Gasteiger partial charge is 0.449 e. The van der Waals surface area contributed by atoms with Gasteiger partial charge in [-0.1, -0.05) is 6.07 Å². The fourth-order valence-corrected chi connectivity index (χ4v) is 3.57. The lowest BCUT2D eigenvalue weighted by Gasteiger charge is -2.35. The van der Waals surface area contributed by atoms with Gasteiger partial charge in [0.1, 0.15) is 5.76 Å². The zero-order valence-corrected chi connectivity index (χ0v) is 15.0. The van der Waals surface area contributed by atoms with Crippen LogP contribution in [-0.4, -0.2) is 45.8 Å². The van der Waals surface area contributed by atoms with Crippen molar-refractivity contribution in [3.8, 4) is 0 Å². The average Bonchev–Trinajstić information content (AvgIpc) is 3.04. The molecule has 2 heterocycles. The molecule has 0 atom stereocenters. The van der Waals surface area contributed by atoms with Crippen LogP contribution in [0.5, 0.6) is 0 Å². The highest BCUT2D eigenvalue weighted by molar-refractivity contribution is 7.90. The number of piperazine rings is 1. The molecule has 0 saturated carbocycles. The van der Waals surface area contributed by atoms with Crippen molar-refractivity contribution in [1.82, 2.24) is 4.90 Å². The maximum absolute atomic E-state index is 12.6. The van der Waals surface area contributed by atoms with Gasteiger partial charge in [0.05, 0.1) is 11.4 Å². The van der Waals surface area contributed by atoms with E-state index in [0.717, 1.165) is 11.8 Å². The molecule has 1 aliphatic rings. The summed E-state index contributed by atoms with van der Waals surface area (Å²) in [4.78, 5) is 4.34. The van der Waals surface area contributed by atoms with Crippen molar-refractivity contribution in [3.63, 3.8) is 0 Å². The van der Waals surface area contributed by atoms with E-state index in [0.29, 0.717) is 32.7 Å². The molecule has 2 aromatic rings. The second-order valence-electron chi connectivity index (χ2n) is 6.30. The van der Waals surface area contributed by atoms with Crippen LogP contribution in [0.2, 0.25) is 0 Å². The zero-order chi connectivity index (χ0) is 18.9. The van der Waals surface area contributed by atoms with Crippen molar-refractivity contribution >= 4 is 15.5 Å². The topological polar surface area (TPSA) is 53.8 Å². The Labute approximate surface area is 149 Å². The Morgan fingerprint density at radius 2 is 1.77 bits per heavy atom. The summed E-state index contributed by atoms with van der Waals surface area (Å²) < 4.78 is 66.0. The first kappa shape index (κ1) is 18.8. The maximum Gasteiger partial charge on any atom is 0.449 e. The van der Waals surface area contributed by atoms with Crippen molar-refractivity contribution in [3.05, 3.63) is 47.9 Å². The molecule has 142 valence electrons. The first-order valence-electron chi connectivity index (χ1n) is 8.06. The predicted octanol–water partition coefficient (Wildman–Crippen LogP) is 3.02. The zero-order valence-electron chi connectivity index (χ0n) is 14.2. The molecule has 0 spiro atoms. The van der Waals surface area contributed by atoms with Gasteiger partial charge in [-0.05, 0) is 30.3 Å². The third-order valence-corrected chi connectivity index (χ3v) is 5.41. The molecule has 1 saturated heterocycles. The highest BCUT2D eigenvalue weighted by atomic mass is 32.2. The van der Waals surface area contributed by atoms with Gasteiger partial charge in [0.15, 0.2) is 9.84 Å². The summed E-state index contributed by atoms with van der Waals surface area (Å²) in [5, 5.41) is 0. The average molecular weight is 388 g/mol. The third kappa shape index (κ3) is 4.39. The molecule has 3 rings (SSSR count). The molecule has 26 heavy (non-hydrogen) atoms. The summed E-state index contributed by atoms with van der Waals surface area (Å²) in [7, 11) is -3.27. The Hall–Kier alpha value is -2.00. The van der Waals surface area contributed by atoms with E-state index in [1.807, 2.05) is 11.0 Å². The summed E-state index contributed by atoms with van der Waals surface area (Å²) in [6.07, 6.45) is -3.30. The van der Waals surface area contributed by atoms with Gasteiger partial charge in [-0.2, -0.15) is 13.2 Å². The lowest BCUT2D eigenvalue weighted by Crippen LogP contribution is -2.45. The van der Waals surface area contributed by atoms with E-state index in [-0.39, 0.29) is 10.7 Å². The van der Waals surface area contributed by atoms with Gasteiger partial charge in [-0.3, -0.25) is 4.90 Å². The highest BCUT2D eigenvalue weighted by Crippen LogP contribution is 2.31. The Bertz CT molecular complexity index is 869. The van der Waals surface area contributed by atoms with Gasteiger partial charge < -0.3 is 9.32 Å². The fraction of sp³-hybridized carbons (Fsp3) is 0.412. The molecule has 9 heteroatoms. The van der Waals surface area contributed by atoms with Crippen LogP contribution < -0.4 is 4.90 Å². The van der Waals surface area contributed by atoms with Gasteiger partial charge in [-0.25, -0.2) is 8.42 Å². The lowest BCUT2D eigenvalue weighted by molar-refractivity contribution is -0.153. The summed E-state index contributed by atoms with van der Waals surface area (Å²) >= 11 is 0. The maximum atomic E-state index is 12.6. The third-order valence-electron chi connectivity index (χ3n) is 4.30. The van der Waals surface area contributed by atoms with Crippen LogP contribution >= 0.6 is 0 Å². The Morgan fingerprint density at radius 3 is 2.35 bits per heavy atom. The van der Waals surface area contributed by atoms with Gasteiger partial charge >= 0.3 is 6.18 Å². The normalized spacial score (nSPS) is 16.8. The number of sulfone groups is 1. The van der Waals surface area contributed by atoms with Crippen molar-refractivity contribution in [2.24, 2.45) is 0 Å². The molecule has 0 unspecified atom stereocenters. The second kappa shape index (κ2) is 6.96. The molecule has 0 radical (unpaired) electrons. The standard InChI is InChI=1S/C17H19F3N2O3S/c1-26(23,24)15-4-2-3-13(11-15)22-9-7-21(8-10-22)12-14-5-6-16(25-14)17(18,19)20/h2-6,11H,7-10,12H2,1H3. The lowest BCUT2D eigenvalue weighted by atomic mass is 10.2. The molecule has 0 bridgehead atoms. The van der Waals surface area contributed by atoms with E-state index in [1.165, 1.54) is 12.3 Å². The monoisotopic (exact) mass is 388 g/mol. The van der Waals surface area contributed by atoms with E-state index in [2.05, 4.69) is 4.90 Å². The Balaban J connectivity index is 1.60. The number of benzene rings is 1. The van der Waals surface area contributed by atoms with E-state index >= 15 is 0 Å². The summed E-state index contributed by atoms with van der Waals surface area (Å²) in [6, 6.07) is 9.07. The number of furan rings is 1. The number of alkyl halides is 3. The largest absolute Gasteiger partial charge is 0.455 e. The van der Waals surface area contributed by atoms with Crippen LogP contribution in [0.3, 0.4) is 0 Å². The van der Waals surface area contributed by atoms with Crippen molar-refractivity contribution in [2.45, 2.75) is 17.6 Å². The van der Waals surface area contributed by atoms with E-state index in [9.17, 15) is 21.6 Å². The molecular formula is C17H19F3N2O3S. The SMILES string of the molecule is CS(=O)(=O)c1cccc(N2CCN(Cc3ccc(C(F)(F)F)o3)CC2)c1. The van der Waals surface area contributed by atoms with Crippen LogP contribution in [0.1, 0.15) is 11.5 Å². The number of anilines is 1. The van der Waals surface area contributed by atoms with Gasteiger partial charge in [0, 0.05) is 38.1 Å². The minimum atomic E-state index is -4.47. The molecule has 0 N–H and O–H groups in total. The molecule has 1 aromatic heterocycles. The minimum absolute atomic E-state index is 0.271. The quantitative estimate of drug-likeness (QED) is 0.806. The van der Waals surface area contributed by atoms with Crippen LogP contribution in [-0.2, 0) is 22.6 Å². The van der Waals surface area contributed by atoms with Gasteiger partial charge in [0.2, 0.25) is 5.76 Å². The summed E-state index contributed by atoms with van der Waals surface area (Å²) in [5.74, 6) is -0.700. The fourth-order valence-electron chi connectivity index (χ4n) is 2.91. The molecule has 1 aliphatic heterocycles. The number of hydrogen-bond acceptors (Lipinski definition) is 5. The second-order valence-corrected chi connectivity index (χ2v) is 8.31. The predicted molar refractivity (Wildman–Crippen MR) is 90.8 cm³/mol. The van der Waals surface area contributed by atoms with E-state index in [4.69, 9.17) is 4.42 Å². The molecule has 0 aliphatic carbocycles. The van der Waals surface area contributed by atoms with Gasteiger partial charge in [-0.15, -0.1) is 0 Å². The highest BCUT2D eigenvalue weighted by Gasteiger charge is 2.35. The van der Waals surface area contributed by atoms with Crippen LogP contribution in [0, 0.1) is 0 Å². The van der Waals surface area contributed by atoms with Crippen molar-refractivity contribution in [1.29, 1.82) is 0 Å². The number of nitrogens with zero attached hydrogens (tertiary/aromatic N) is 2. The van der Waals surface area contributed by atoms with Crippen LogP contribution in [0.4, 0.5) is 18.9 Å². The van der Waals surface area contributed by atoms with Crippen LogP contribution in [0.25, 0.3) is 0 Å². The summed E-state index contributed by atoms with van der Waals surface area (Å²) in [5.41, 5.74) is 0.824. The van der Waals surface area contributed by atoms with Crippen molar-refractivity contribution in [2.75, 3.05) is 37.3 Å². The van der Waals surface area contributed by atoms with Crippen LogP contribution in [0.15, 0.2) is 45.7 Å². The Kier molecular flexibility index (Phi) is 5.03. The van der Waals surface area contributed by atoms with Crippen molar-refractivity contribution < 1.29 is 26.0 Å². The molecule has 0 amide bonds. The molecule has 5 nitrogen and oxygen atoms in total. The molecular weight excluding hydrogens is 369 g/mol. The van der Waals surface area contributed by atoms with Gasteiger partial charge in [0.25, 0.3) is 0 Å². The summed E-state index contributed by atoms with van der Waals surface area (Å²) in [6.45, 7) is 2.91. The number of halogens is 3. The minimum Gasteiger partial charge on any atom is -0.455 e. The first-order valence-corrected chi connectivity index (χ1v) is 9.95.